The van der Waals surface area contributed by atoms with Gasteiger partial charge in [-0.3, -0.25) is 9.69 Å². The fraction of sp³-hybridized carbons (Fsp3) is 0.333. The number of morpholine rings is 1. The number of hydrogen-bond donors (Lipinski definition) is 1. The van der Waals surface area contributed by atoms with Gasteiger partial charge in [-0.15, -0.1) is 0 Å². The second-order valence-electron chi connectivity index (χ2n) is 7.82. The van der Waals surface area contributed by atoms with Gasteiger partial charge in [-0.1, -0.05) is 36.4 Å². The summed E-state index contributed by atoms with van der Waals surface area (Å²) in [5.41, 5.74) is 3.57. The molecular weight excluding hydrogens is 376 g/mol. The molecule has 1 aromatic heterocycles. The first-order valence-electron chi connectivity index (χ1n) is 10.5. The smallest absolute Gasteiger partial charge is 0.251 e. The van der Waals surface area contributed by atoms with Crippen LogP contribution in [-0.4, -0.2) is 59.0 Å². The number of nitrogens with zero attached hydrogens (tertiary/aromatic N) is 3. The van der Waals surface area contributed by atoms with E-state index >= 15 is 0 Å². The van der Waals surface area contributed by atoms with Crippen LogP contribution in [0.4, 0.5) is 0 Å². The third-order valence-corrected chi connectivity index (χ3v) is 5.27. The van der Waals surface area contributed by atoms with Crippen molar-refractivity contribution in [1.29, 1.82) is 0 Å². The van der Waals surface area contributed by atoms with E-state index in [0.29, 0.717) is 12.1 Å². The minimum absolute atomic E-state index is 0.0698. The number of amides is 1. The summed E-state index contributed by atoms with van der Waals surface area (Å²) in [6, 6.07) is 19.7. The Kier molecular flexibility index (Phi) is 6.26. The summed E-state index contributed by atoms with van der Waals surface area (Å²) >= 11 is 0. The van der Waals surface area contributed by atoms with Crippen molar-refractivity contribution in [1.82, 2.24) is 20.0 Å². The van der Waals surface area contributed by atoms with Crippen LogP contribution in [0.25, 0.3) is 16.9 Å². The molecular formula is C24H28N4O2. The largest absolute Gasteiger partial charge is 0.373 e. The highest BCUT2D eigenvalue weighted by Gasteiger charge is 2.21. The van der Waals surface area contributed by atoms with Crippen LogP contribution in [-0.2, 0) is 4.74 Å². The van der Waals surface area contributed by atoms with Gasteiger partial charge in [-0.25, -0.2) is 4.68 Å². The van der Waals surface area contributed by atoms with Crippen LogP contribution in [0.3, 0.4) is 0 Å². The molecule has 1 saturated heterocycles. The molecule has 0 unspecified atom stereocenters. The molecule has 1 fully saturated rings. The maximum Gasteiger partial charge on any atom is 0.251 e. The Morgan fingerprint density at radius 3 is 2.60 bits per heavy atom. The van der Waals surface area contributed by atoms with Crippen LogP contribution >= 0.6 is 0 Å². The Hall–Kier alpha value is -2.96. The molecule has 0 radical (unpaired) electrons. The van der Waals surface area contributed by atoms with Crippen LogP contribution in [0.1, 0.15) is 24.2 Å². The first-order chi connectivity index (χ1) is 14.6. The summed E-state index contributed by atoms with van der Waals surface area (Å²) in [4.78, 5) is 15.0. The highest BCUT2D eigenvalue weighted by molar-refractivity contribution is 5.94. The van der Waals surface area contributed by atoms with Crippen molar-refractivity contribution in [2.24, 2.45) is 0 Å². The summed E-state index contributed by atoms with van der Waals surface area (Å²) < 4.78 is 7.63. The van der Waals surface area contributed by atoms with Crippen LogP contribution < -0.4 is 5.32 Å². The quantitative estimate of drug-likeness (QED) is 0.684. The monoisotopic (exact) mass is 404 g/mol. The maximum atomic E-state index is 12.7. The van der Waals surface area contributed by atoms with Gasteiger partial charge in [0.05, 0.1) is 29.8 Å². The first-order valence-corrected chi connectivity index (χ1v) is 10.5. The van der Waals surface area contributed by atoms with Gasteiger partial charge in [-0.05, 0) is 38.1 Å². The fourth-order valence-corrected chi connectivity index (χ4v) is 4.01. The number of carbonyl (C=O) groups is 1. The molecule has 6 heteroatoms. The van der Waals surface area contributed by atoms with Gasteiger partial charge >= 0.3 is 0 Å². The molecule has 0 bridgehead atoms. The summed E-state index contributed by atoms with van der Waals surface area (Å²) in [6.07, 6.45) is 2.24. The molecule has 1 aliphatic heterocycles. The van der Waals surface area contributed by atoms with E-state index < -0.39 is 0 Å². The molecule has 0 saturated carbocycles. The SMILES string of the molecule is C[C@@H]1CN(CCNC(=O)c2cccc(-n3nccc3-c3ccccc3)c2)C[C@H](C)O1. The Bertz CT molecular complexity index is 976. The highest BCUT2D eigenvalue weighted by Crippen LogP contribution is 2.22. The number of ether oxygens (including phenoxy) is 1. The Morgan fingerprint density at radius 2 is 1.83 bits per heavy atom. The fourth-order valence-electron chi connectivity index (χ4n) is 4.01. The number of nitrogens with one attached hydrogen (secondary N) is 1. The van der Waals surface area contributed by atoms with Crippen molar-refractivity contribution in [3.05, 3.63) is 72.4 Å². The first kappa shape index (κ1) is 20.3. The standard InChI is InChI=1S/C24H28N4O2/c1-18-16-27(17-19(2)30-18)14-13-25-24(29)21-9-6-10-22(15-21)28-23(11-12-26-28)20-7-4-3-5-8-20/h3-12,15,18-19H,13-14,16-17H2,1-2H3,(H,25,29)/t18-,19+. The molecule has 2 atom stereocenters. The third-order valence-electron chi connectivity index (χ3n) is 5.27. The molecule has 0 spiro atoms. The molecule has 3 aromatic rings. The molecule has 0 aliphatic carbocycles. The summed E-state index contributed by atoms with van der Waals surface area (Å²) in [6.45, 7) is 7.41. The molecule has 2 aromatic carbocycles. The topological polar surface area (TPSA) is 59.4 Å². The maximum absolute atomic E-state index is 12.7. The molecule has 156 valence electrons. The molecule has 2 heterocycles. The number of hydrogen-bond acceptors (Lipinski definition) is 4. The van der Waals surface area contributed by atoms with Gasteiger partial charge < -0.3 is 10.1 Å². The van der Waals surface area contributed by atoms with E-state index in [2.05, 4.69) is 41.3 Å². The predicted molar refractivity (Wildman–Crippen MR) is 118 cm³/mol. The average molecular weight is 405 g/mol. The molecule has 30 heavy (non-hydrogen) atoms. The van der Waals surface area contributed by atoms with E-state index in [1.165, 1.54) is 0 Å². The molecule has 1 N–H and O–H groups in total. The highest BCUT2D eigenvalue weighted by atomic mass is 16.5. The van der Waals surface area contributed by atoms with Crippen molar-refractivity contribution in [2.45, 2.75) is 26.1 Å². The number of rotatable bonds is 6. The van der Waals surface area contributed by atoms with Crippen molar-refractivity contribution in [3.8, 4) is 16.9 Å². The van der Waals surface area contributed by atoms with Crippen LogP contribution in [0, 0.1) is 0 Å². The van der Waals surface area contributed by atoms with Crippen LogP contribution in [0.2, 0.25) is 0 Å². The Labute approximate surface area is 177 Å². The zero-order valence-corrected chi connectivity index (χ0v) is 17.5. The van der Waals surface area contributed by atoms with Crippen molar-refractivity contribution in [2.75, 3.05) is 26.2 Å². The minimum Gasteiger partial charge on any atom is -0.373 e. The lowest BCUT2D eigenvalue weighted by Gasteiger charge is -2.35. The second-order valence-corrected chi connectivity index (χ2v) is 7.82. The predicted octanol–water partition coefficient (Wildman–Crippen LogP) is 3.38. The van der Waals surface area contributed by atoms with Crippen molar-refractivity contribution in [3.63, 3.8) is 0 Å². The minimum atomic E-state index is -0.0698. The Morgan fingerprint density at radius 1 is 1.07 bits per heavy atom. The third kappa shape index (κ3) is 4.78. The van der Waals surface area contributed by atoms with E-state index in [1.807, 2.05) is 53.2 Å². The summed E-state index contributed by atoms with van der Waals surface area (Å²) in [7, 11) is 0. The normalized spacial score (nSPS) is 19.5. The van der Waals surface area contributed by atoms with E-state index in [1.54, 1.807) is 6.20 Å². The molecule has 6 nitrogen and oxygen atoms in total. The molecule has 1 amide bonds. The van der Waals surface area contributed by atoms with Crippen molar-refractivity contribution >= 4 is 5.91 Å². The number of aromatic nitrogens is 2. The molecule has 1 aliphatic rings. The van der Waals surface area contributed by atoms with Crippen LogP contribution in [0.5, 0.6) is 0 Å². The van der Waals surface area contributed by atoms with Gasteiger partial charge in [0.25, 0.3) is 5.91 Å². The summed E-state index contributed by atoms with van der Waals surface area (Å²) in [5, 5.41) is 7.51. The van der Waals surface area contributed by atoms with Gasteiger partial charge in [0.2, 0.25) is 0 Å². The lowest BCUT2D eigenvalue weighted by atomic mass is 10.1. The number of carbonyl (C=O) groups excluding carboxylic acids is 1. The van der Waals surface area contributed by atoms with Gasteiger partial charge in [0.1, 0.15) is 0 Å². The van der Waals surface area contributed by atoms with Gasteiger partial charge in [0.15, 0.2) is 0 Å². The zero-order chi connectivity index (χ0) is 20.9. The van der Waals surface area contributed by atoms with Crippen LogP contribution in [0.15, 0.2) is 66.9 Å². The lowest BCUT2D eigenvalue weighted by Crippen LogP contribution is -2.47. The summed E-state index contributed by atoms with van der Waals surface area (Å²) in [5.74, 6) is -0.0698. The van der Waals surface area contributed by atoms with E-state index in [9.17, 15) is 4.79 Å². The lowest BCUT2D eigenvalue weighted by molar-refractivity contribution is -0.0672. The van der Waals surface area contributed by atoms with E-state index in [0.717, 1.165) is 36.6 Å². The van der Waals surface area contributed by atoms with Crippen molar-refractivity contribution < 1.29 is 9.53 Å². The second kappa shape index (κ2) is 9.24. The molecule has 4 rings (SSSR count). The zero-order valence-electron chi connectivity index (χ0n) is 17.5. The number of benzene rings is 2. The average Bonchev–Trinajstić information content (AvgIpc) is 3.24. The van der Waals surface area contributed by atoms with Gasteiger partial charge in [-0.2, -0.15) is 5.10 Å². The van der Waals surface area contributed by atoms with E-state index in [-0.39, 0.29) is 18.1 Å². The Balaban J connectivity index is 1.42. The van der Waals surface area contributed by atoms with Gasteiger partial charge in [0, 0.05) is 37.3 Å². The van der Waals surface area contributed by atoms with E-state index in [4.69, 9.17) is 4.74 Å².